The Bertz CT molecular complexity index is 1060. The van der Waals surface area contributed by atoms with Crippen molar-refractivity contribution in [2.24, 2.45) is 11.3 Å². The van der Waals surface area contributed by atoms with Crippen LogP contribution in [0, 0.1) is 11.3 Å². The third-order valence-corrected chi connectivity index (χ3v) is 9.01. The fraction of sp³-hybridized carbons (Fsp3) is 0.613. The summed E-state index contributed by atoms with van der Waals surface area (Å²) in [5, 5.41) is 0. The number of carbonyl (C=O) groups excluding carboxylic acids is 2. The minimum atomic E-state index is -0.0958. The number of hydrogen-bond donors (Lipinski definition) is 0. The monoisotopic (exact) mass is 518 g/mol. The molecule has 0 radical (unpaired) electrons. The van der Waals surface area contributed by atoms with Gasteiger partial charge in [0, 0.05) is 38.4 Å². The topological polar surface area (TPSA) is 75.6 Å². The maximum absolute atomic E-state index is 13.6. The molecule has 1 aliphatic carbocycles. The molecular weight excluding hydrogens is 476 g/mol. The lowest BCUT2D eigenvalue weighted by Gasteiger charge is -2.45. The average molecular weight is 519 g/mol. The number of ether oxygens (including phenoxy) is 1. The van der Waals surface area contributed by atoms with Gasteiger partial charge in [0.1, 0.15) is 18.1 Å². The predicted molar refractivity (Wildman–Crippen MR) is 147 cm³/mol. The van der Waals surface area contributed by atoms with E-state index in [0.717, 1.165) is 69.7 Å². The molecule has 2 aromatic rings. The number of aromatic nitrogens is 2. The minimum absolute atomic E-state index is 0.00117. The molecule has 1 saturated carbocycles. The highest BCUT2D eigenvalue weighted by atomic mass is 16.5. The van der Waals surface area contributed by atoms with Crippen LogP contribution in [0.4, 0.5) is 0 Å². The zero-order valence-corrected chi connectivity index (χ0v) is 22.7. The molecule has 3 aliphatic rings. The number of carbonyl (C=O) groups is 2. The van der Waals surface area contributed by atoms with Crippen LogP contribution in [0.15, 0.2) is 42.9 Å². The second-order valence-corrected chi connectivity index (χ2v) is 11.6. The maximum atomic E-state index is 13.6. The largest absolute Gasteiger partial charge is 0.491 e. The molecule has 3 heterocycles. The summed E-state index contributed by atoms with van der Waals surface area (Å²) < 4.78 is 6.19. The summed E-state index contributed by atoms with van der Waals surface area (Å²) in [7, 11) is 0. The first-order chi connectivity index (χ1) is 18.6. The zero-order chi connectivity index (χ0) is 26.2. The predicted octanol–water partition coefficient (Wildman–Crippen LogP) is 5.30. The van der Waals surface area contributed by atoms with Crippen molar-refractivity contribution in [3.63, 3.8) is 0 Å². The van der Waals surface area contributed by atoms with Gasteiger partial charge < -0.3 is 14.5 Å². The van der Waals surface area contributed by atoms with Gasteiger partial charge in [-0.15, -0.1) is 0 Å². The van der Waals surface area contributed by atoms with Gasteiger partial charge in [0.25, 0.3) is 5.91 Å². The smallest absolute Gasteiger partial charge is 0.274 e. The third-order valence-electron chi connectivity index (χ3n) is 9.01. The Morgan fingerprint density at radius 2 is 1.76 bits per heavy atom. The lowest BCUT2D eigenvalue weighted by Crippen LogP contribution is -2.50. The molecule has 0 atom stereocenters. The molecule has 0 unspecified atom stereocenters. The molecule has 1 spiro atoms. The maximum Gasteiger partial charge on any atom is 0.274 e. The van der Waals surface area contributed by atoms with Crippen molar-refractivity contribution >= 4 is 11.8 Å². The van der Waals surface area contributed by atoms with E-state index in [9.17, 15) is 9.59 Å². The second kappa shape index (κ2) is 12.7. The molecule has 7 heteroatoms. The van der Waals surface area contributed by atoms with E-state index in [-0.39, 0.29) is 11.3 Å². The highest BCUT2D eigenvalue weighted by Crippen LogP contribution is 2.39. The number of piperidine rings is 1. The molecule has 5 rings (SSSR count). The Labute approximate surface area is 227 Å². The number of nitrogens with zero attached hydrogens (tertiary/aromatic N) is 4. The Morgan fingerprint density at radius 3 is 2.55 bits per heavy atom. The van der Waals surface area contributed by atoms with E-state index in [1.165, 1.54) is 31.2 Å². The van der Waals surface area contributed by atoms with Crippen LogP contribution in [-0.2, 0) is 11.2 Å². The molecule has 0 bridgehead atoms. The van der Waals surface area contributed by atoms with Crippen LogP contribution in [0.2, 0.25) is 0 Å². The van der Waals surface area contributed by atoms with Gasteiger partial charge in [-0.2, -0.15) is 0 Å². The van der Waals surface area contributed by atoms with Crippen molar-refractivity contribution in [2.75, 3.05) is 32.8 Å². The number of para-hydroxylation sites is 1. The summed E-state index contributed by atoms with van der Waals surface area (Å²) in [4.78, 5) is 39.0. The zero-order valence-electron chi connectivity index (χ0n) is 22.7. The normalized spacial score (nSPS) is 20.7. The lowest BCUT2D eigenvalue weighted by molar-refractivity contribution is -0.134. The summed E-state index contributed by atoms with van der Waals surface area (Å²) in [6, 6.07) is 8.25. The molecule has 0 N–H and O–H groups in total. The first kappa shape index (κ1) is 26.6. The van der Waals surface area contributed by atoms with Crippen molar-refractivity contribution in [3.05, 3.63) is 54.1 Å². The number of benzene rings is 1. The molecule has 1 aromatic carbocycles. The first-order valence-corrected chi connectivity index (χ1v) is 14.7. The SMILES string of the molecule is O=C(CCC1CCCC1)N1CCC2(CCCCc3ccccc3OCCN(C(=O)c3cnccn3)C2)CC1. The quantitative estimate of drug-likeness (QED) is 0.549. The highest BCUT2D eigenvalue weighted by molar-refractivity contribution is 5.92. The van der Waals surface area contributed by atoms with Gasteiger partial charge in [0.2, 0.25) is 5.91 Å². The van der Waals surface area contributed by atoms with Crippen LogP contribution in [0.5, 0.6) is 5.75 Å². The Morgan fingerprint density at radius 1 is 0.947 bits per heavy atom. The van der Waals surface area contributed by atoms with E-state index in [2.05, 4.69) is 27.0 Å². The van der Waals surface area contributed by atoms with Gasteiger partial charge in [-0.3, -0.25) is 14.6 Å². The minimum Gasteiger partial charge on any atom is -0.491 e. The van der Waals surface area contributed by atoms with Crippen LogP contribution in [0.25, 0.3) is 0 Å². The van der Waals surface area contributed by atoms with Gasteiger partial charge >= 0.3 is 0 Å². The van der Waals surface area contributed by atoms with E-state index in [0.29, 0.717) is 37.7 Å². The number of amides is 2. The van der Waals surface area contributed by atoms with Crippen LogP contribution in [0.1, 0.15) is 86.7 Å². The molecule has 204 valence electrons. The first-order valence-electron chi connectivity index (χ1n) is 14.7. The molecule has 2 fully saturated rings. The number of hydrogen-bond acceptors (Lipinski definition) is 5. The van der Waals surface area contributed by atoms with Gasteiger partial charge in [-0.25, -0.2) is 4.98 Å². The van der Waals surface area contributed by atoms with Crippen molar-refractivity contribution in [3.8, 4) is 5.75 Å². The summed E-state index contributed by atoms with van der Waals surface area (Å²) in [5.41, 5.74) is 1.60. The molecule has 38 heavy (non-hydrogen) atoms. The molecule has 7 nitrogen and oxygen atoms in total. The van der Waals surface area contributed by atoms with E-state index < -0.39 is 0 Å². The van der Waals surface area contributed by atoms with E-state index in [1.807, 2.05) is 17.0 Å². The second-order valence-electron chi connectivity index (χ2n) is 11.6. The van der Waals surface area contributed by atoms with Crippen LogP contribution in [0.3, 0.4) is 0 Å². The summed E-state index contributed by atoms with van der Waals surface area (Å²) >= 11 is 0. The average Bonchev–Trinajstić information content (AvgIpc) is 3.48. The Kier molecular flexibility index (Phi) is 8.92. The number of aryl methyl sites for hydroxylation is 1. The molecule has 1 saturated heterocycles. The van der Waals surface area contributed by atoms with Crippen molar-refractivity contribution in [2.45, 2.75) is 77.0 Å². The van der Waals surface area contributed by atoms with Gasteiger partial charge in [0.05, 0.1) is 12.7 Å². The molecule has 2 aliphatic heterocycles. The Balaban J connectivity index is 1.29. The van der Waals surface area contributed by atoms with Gasteiger partial charge in [0.15, 0.2) is 0 Å². The van der Waals surface area contributed by atoms with Crippen molar-refractivity contribution in [1.29, 1.82) is 0 Å². The number of rotatable bonds is 4. The van der Waals surface area contributed by atoms with Crippen LogP contribution in [-0.4, -0.2) is 64.4 Å². The molecule has 2 amide bonds. The van der Waals surface area contributed by atoms with E-state index in [4.69, 9.17) is 4.74 Å². The summed E-state index contributed by atoms with van der Waals surface area (Å²) in [6.07, 6.45) is 17.8. The summed E-state index contributed by atoms with van der Waals surface area (Å²) in [5.74, 6) is 1.88. The standard InChI is InChI=1S/C31H42N4O3/c36-29(13-12-25-7-1-2-8-25)34-19-15-31(16-20-34)14-6-5-10-26-9-3-4-11-28(26)38-22-21-35(24-31)30(37)27-23-32-17-18-33-27/h3-4,9,11,17-18,23,25H,1-2,5-8,10,12-16,19-22,24H2. The van der Waals surface area contributed by atoms with E-state index >= 15 is 0 Å². The van der Waals surface area contributed by atoms with E-state index in [1.54, 1.807) is 18.6 Å². The van der Waals surface area contributed by atoms with Gasteiger partial charge in [-0.1, -0.05) is 50.3 Å². The van der Waals surface area contributed by atoms with Crippen LogP contribution < -0.4 is 4.74 Å². The fourth-order valence-corrected chi connectivity index (χ4v) is 6.66. The summed E-state index contributed by atoms with van der Waals surface area (Å²) in [6.45, 7) is 3.17. The lowest BCUT2D eigenvalue weighted by atomic mass is 9.73. The Hall–Kier alpha value is -2.96. The van der Waals surface area contributed by atoms with Crippen molar-refractivity contribution < 1.29 is 14.3 Å². The number of fused-ring (bicyclic) bond motifs is 1. The molecular formula is C31H42N4O3. The fourth-order valence-electron chi connectivity index (χ4n) is 6.66. The van der Waals surface area contributed by atoms with Crippen molar-refractivity contribution in [1.82, 2.24) is 19.8 Å². The third kappa shape index (κ3) is 6.72. The number of likely N-dealkylation sites (tertiary alicyclic amines) is 1. The highest BCUT2D eigenvalue weighted by Gasteiger charge is 2.38. The molecule has 1 aromatic heterocycles. The van der Waals surface area contributed by atoms with Gasteiger partial charge in [-0.05, 0) is 61.5 Å². The van der Waals surface area contributed by atoms with Crippen LogP contribution >= 0.6 is 0 Å².